The topological polar surface area (TPSA) is 20.3 Å². The lowest BCUT2D eigenvalue weighted by atomic mass is 10.3. The molecular formula is C11H16ClNOS2. The van der Waals surface area contributed by atoms with Gasteiger partial charge in [0.15, 0.2) is 0 Å². The van der Waals surface area contributed by atoms with Crippen LogP contribution in [0.4, 0.5) is 0 Å². The van der Waals surface area contributed by atoms with Crippen LogP contribution < -0.4 is 0 Å². The minimum absolute atomic E-state index is 0.183. The molecule has 1 rings (SSSR count). The van der Waals surface area contributed by atoms with Crippen LogP contribution in [0.1, 0.15) is 18.7 Å². The quantitative estimate of drug-likeness (QED) is 0.821. The maximum atomic E-state index is 11.7. The van der Waals surface area contributed by atoms with Crippen molar-refractivity contribution in [1.29, 1.82) is 0 Å². The highest BCUT2D eigenvalue weighted by Gasteiger charge is 2.11. The predicted octanol–water partition coefficient (Wildman–Crippen LogP) is 3.50. The van der Waals surface area contributed by atoms with Gasteiger partial charge in [0.1, 0.15) is 0 Å². The van der Waals surface area contributed by atoms with Crippen LogP contribution in [-0.2, 0) is 10.5 Å². The van der Waals surface area contributed by atoms with Crippen LogP contribution in [0.15, 0.2) is 12.1 Å². The van der Waals surface area contributed by atoms with Gasteiger partial charge in [-0.1, -0.05) is 11.6 Å². The van der Waals surface area contributed by atoms with E-state index in [1.165, 1.54) is 4.88 Å². The molecule has 0 saturated heterocycles. The Morgan fingerprint density at radius 2 is 2.25 bits per heavy atom. The number of hydrogen-bond acceptors (Lipinski definition) is 3. The first kappa shape index (κ1) is 13.9. The summed E-state index contributed by atoms with van der Waals surface area (Å²) >= 11 is 9.04. The average molecular weight is 278 g/mol. The third-order valence-corrected chi connectivity index (χ3v) is 4.65. The van der Waals surface area contributed by atoms with E-state index in [9.17, 15) is 4.79 Å². The summed E-state index contributed by atoms with van der Waals surface area (Å²) in [6.45, 7) is 4.03. The van der Waals surface area contributed by atoms with Crippen molar-refractivity contribution >= 4 is 40.6 Å². The van der Waals surface area contributed by atoms with Crippen LogP contribution in [0.2, 0.25) is 4.34 Å². The Bertz CT molecular complexity index is 352. The molecule has 16 heavy (non-hydrogen) atoms. The molecule has 2 nitrogen and oxygen atoms in total. The summed E-state index contributed by atoms with van der Waals surface area (Å²) in [4.78, 5) is 14.7. The van der Waals surface area contributed by atoms with Crippen molar-refractivity contribution in [3.63, 3.8) is 0 Å². The zero-order valence-corrected chi connectivity index (χ0v) is 12.1. The molecule has 0 bridgehead atoms. The minimum Gasteiger partial charge on any atom is -0.343 e. The second-order valence-corrected chi connectivity index (χ2v) is 6.58. The van der Waals surface area contributed by atoms with E-state index in [2.05, 4.69) is 0 Å². The van der Waals surface area contributed by atoms with Crippen molar-refractivity contribution in [3.8, 4) is 0 Å². The molecule has 0 unspecified atom stereocenters. The number of carbonyl (C=O) groups is 1. The molecule has 5 heteroatoms. The van der Waals surface area contributed by atoms with Crippen LogP contribution in [0.5, 0.6) is 0 Å². The third-order valence-electron chi connectivity index (χ3n) is 2.27. The molecule has 1 heterocycles. The molecule has 0 radical (unpaired) electrons. The number of carbonyl (C=O) groups excluding carboxylic acids is 1. The van der Waals surface area contributed by atoms with Gasteiger partial charge in [0, 0.05) is 23.7 Å². The van der Waals surface area contributed by atoms with E-state index in [0.717, 1.165) is 10.1 Å². The van der Waals surface area contributed by atoms with Crippen LogP contribution in [0.3, 0.4) is 0 Å². The first-order valence-corrected chi connectivity index (χ1v) is 7.43. The fraction of sp³-hybridized carbons (Fsp3) is 0.545. The SMILES string of the molecule is CC(C)N(C)C(=O)CSCc1ccc(Cl)s1. The van der Waals surface area contributed by atoms with Crippen molar-refractivity contribution in [1.82, 2.24) is 4.90 Å². The van der Waals surface area contributed by atoms with Gasteiger partial charge in [-0.25, -0.2) is 0 Å². The predicted molar refractivity (Wildman–Crippen MR) is 73.4 cm³/mol. The molecule has 0 aromatic carbocycles. The Balaban J connectivity index is 2.28. The second-order valence-electron chi connectivity index (χ2n) is 3.80. The van der Waals surface area contributed by atoms with Gasteiger partial charge in [-0.15, -0.1) is 23.1 Å². The van der Waals surface area contributed by atoms with Gasteiger partial charge in [-0.3, -0.25) is 4.79 Å². The Morgan fingerprint density at radius 1 is 1.56 bits per heavy atom. The Hall–Kier alpha value is -0.190. The first-order valence-electron chi connectivity index (χ1n) is 5.08. The summed E-state index contributed by atoms with van der Waals surface area (Å²) in [5, 5.41) is 0. The minimum atomic E-state index is 0.183. The monoisotopic (exact) mass is 277 g/mol. The fourth-order valence-corrected chi connectivity index (χ4v) is 3.20. The summed E-state index contributed by atoms with van der Waals surface area (Å²) in [5.41, 5.74) is 0. The molecule has 0 fully saturated rings. The highest BCUT2D eigenvalue weighted by atomic mass is 35.5. The summed E-state index contributed by atoms with van der Waals surface area (Å²) in [7, 11) is 1.84. The Labute approximate surface area is 110 Å². The molecule has 1 aromatic rings. The zero-order chi connectivity index (χ0) is 12.1. The molecule has 1 amide bonds. The number of rotatable bonds is 5. The maximum Gasteiger partial charge on any atom is 0.232 e. The molecule has 0 N–H and O–H groups in total. The molecule has 0 saturated carbocycles. The number of thiophene rings is 1. The summed E-state index contributed by atoms with van der Waals surface area (Å²) in [6, 6.07) is 4.17. The van der Waals surface area contributed by atoms with Crippen molar-refractivity contribution in [2.75, 3.05) is 12.8 Å². The van der Waals surface area contributed by atoms with Gasteiger partial charge in [-0.2, -0.15) is 0 Å². The summed E-state index contributed by atoms with van der Waals surface area (Å²) in [5.74, 6) is 1.57. The van der Waals surface area contributed by atoms with Crippen LogP contribution in [0.25, 0.3) is 0 Å². The standard InChI is InChI=1S/C11H16ClNOS2/c1-8(2)13(3)11(14)7-15-6-9-4-5-10(12)16-9/h4-5,8H,6-7H2,1-3H3. The van der Waals surface area contributed by atoms with Gasteiger partial charge < -0.3 is 4.90 Å². The first-order chi connectivity index (χ1) is 7.50. The summed E-state index contributed by atoms with van der Waals surface area (Å²) < 4.78 is 0.807. The smallest absolute Gasteiger partial charge is 0.232 e. The number of halogens is 1. The van der Waals surface area contributed by atoms with Gasteiger partial charge in [0.05, 0.1) is 10.1 Å². The Morgan fingerprint density at radius 3 is 2.75 bits per heavy atom. The molecule has 0 atom stereocenters. The van der Waals surface area contributed by atoms with E-state index >= 15 is 0 Å². The lowest BCUT2D eigenvalue weighted by Crippen LogP contribution is -2.34. The van der Waals surface area contributed by atoms with Crippen molar-refractivity contribution in [2.24, 2.45) is 0 Å². The van der Waals surface area contributed by atoms with Gasteiger partial charge in [-0.05, 0) is 26.0 Å². The van der Waals surface area contributed by atoms with E-state index < -0.39 is 0 Å². The fourth-order valence-electron chi connectivity index (χ4n) is 1.06. The van der Waals surface area contributed by atoms with Crippen molar-refractivity contribution < 1.29 is 4.79 Å². The lowest BCUT2D eigenvalue weighted by molar-refractivity contribution is -0.128. The van der Waals surface area contributed by atoms with Gasteiger partial charge in [0.2, 0.25) is 5.91 Å². The highest BCUT2D eigenvalue weighted by Crippen LogP contribution is 2.25. The van der Waals surface area contributed by atoms with Crippen molar-refractivity contribution in [3.05, 3.63) is 21.3 Å². The maximum absolute atomic E-state index is 11.7. The zero-order valence-electron chi connectivity index (χ0n) is 9.70. The number of amides is 1. The highest BCUT2D eigenvalue weighted by molar-refractivity contribution is 7.99. The largest absolute Gasteiger partial charge is 0.343 e. The van der Waals surface area contributed by atoms with Gasteiger partial charge >= 0.3 is 0 Å². The molecule has 0 aliphatic carbocycles. The van der Waals surface area contributed by atoms with Crippen LogP contribution >= 0.6 is 34.7 Å². The van der Waals surface area contributed by atoms with Crippen LogP contribution in [-0.4, -0.2) is 29.6 Å². The van der Waals surface area contributed by atoms with Crippen LogP contribution in [0, 0.1) is 0 Å². The molecule has 90 valence electrons. The molecule has 0 aliphatic heterocycles. The second kappa shape index (κ2) is 6.52. The lowest BCUT2D eigenvalue weighted by Gasteiger charge is -2.21. The number of nitrogens with zero attached hydrogens (tertiary/aromatic N) is 1. The number of thioether (sulfide) groups is 1. The summed E-state index contributed by atoms with van der Waals surface area (Å²) in [6.07, 6.45) is 0. The van der Waals surface area contributed by atoms with Gasteiger partial charge in [0.25, 0.3) is 0 Å². The Kier molecular flexibility index (Phi) is 5.66. The van der Waals surface area contributed by atoms with E-state index in [1.54, 1.807) is 28.0 Å². The average Bonchev–Trinajstić information content (AvgIpc) is 2.62. The molecule has 0 spiro atoms. The number of hydrogen-bond donors (Lipinski definition) is 0. The molecular weight excluding hydrogens is 262 g/mol. The molecule has 0 aliphatic rings. The third kappa shape index (κ3) is 4.36. The van der Waals surface area contributed by atoms with E-state index in [1.807, 2.05) is 33.0 Å². The van der Waals surface area contributed by atoms with E-state index in [-0.39, 0.29) is 11.9 Å². The van der Waals surface area contributed by atoms with Crippen molar-refractivity contribution in [2.45, 2.75) is 25.6 Å². The normalized spacial score (nSPS) is 10.8. The van der Waals surface area contributed by atoms with E-state index in [4.69, 9.17) is 11.6 Å². The van der Waals surface area contributed by atoms with E-state index in [0.29, 0.717) is 5.75 Å². The molecule has 1 aromatic heterocycles.